The van der Waals surface area contributed by atoms with Gasteiger partial charge in [-0.15, -0.1) is 6.42 Å². The summed E-state index contributed by atoms with van der Waals surface area (Å²) in [6.45, 7) is 0. The van der Waals surface area contributed by atoms with Crippen LogP contribution in [0.5, 0.6) is 0 Å². The second-order valence-corrected chi connectivity index (χ2v) is 5.97. The lowest BCUT2D eigenvalue weighted by molar-refractivity contribution is 0.0697. The Hall–Kier alpha value is -4.04. The number of rotatable bonds is 4. The molecule has 2 heterocycles. The summed E-state index contributed by atoms with van der Waals surface area (Å²) in [5, 5.41) is 12.4. The zero-order valence-electron chi connectivity index (χ0n) is 14.3. The summed E-state index contributed by atoms with van der Waals surface area (Å²) in [6, 6.07) is 20.0. The topological polar surface area (TPSA) is 66.6 Å². The van der Waals surface area contributed by atoms with Crippen LogP contribution >= 0.6 is 0 Å². The molecule has 2 aromatic carbocycles. The van der Waals surface area contributed by atoms with E-state index in [0.717, 1.165) is 34.0 Å². The largest absolute Gasteiger partial charge is 0.478 e. The van der Waals surface area contributed by atoms with Crippen LogP contribution in [0, 0.1) is 12.3 Å². The lowest BCUT2D eigenvalue weighted by Crippen LogP contribution is -1.99. The van der Waals surface area contributed by atoms with Crippen molar-refractivity contribution in [1.82, 2.24) is 9.38 Å². The zero-order chi connectivity index (χ0) is 18.8. The van der Waals surface area contributed by atoms with Gasteiger partial charge in [0.15, 0.2) is 0 Å². The number of carboxylic acids is 1. The third-order valence-corrected chi connectivity index (χ3v) is 4.25. The molecular formula is C22H15N3O2. The van der Waals surface area contributed by atoms with Gasteiger partial charge < -0.3 is 10.4 Å². The summed E-state index contributed by atoms with van der Waals surface area (Å²) in [4.78, 5) is 15.8. The lowest BCUT2D eigenvalue weighted by Gasteiger charge is -2.09. The van der Waals surface area contributed by atoms with Gasteiger partial charge in [-0.25, -0.2) is 9.78 Å². The normalized spacial score (nSPS) is 10.5. The summed E-state index contributed by atoms with van der Waals surface area (Å²) < 4.78 is 1.95. The summed E-state index contributed by atoms with van der Waals surface area (Å²) in [5.41, 5.74) is 4.34. The average molecular weight is 353 g/mol. The molecule has 0 spiro atoms. The van der Waals surface area contributed by atoms with Gasteiger partial charge in [0.25, 0.3) is 0 Å². The van der Waals surface area contributed by atoms with E-state index in [4.69, 9.17) is 16.5 Å². The van der Waals surface area contributed by atoms with Gasteiger partial charge in [0, 0.05) is 23.0 Å². The highest BCUT2D eigenvalue weighted by molar-refractivity contribution is 5.88. The molecule has 27 heavy (non-hydrogen) atoms. The smallest absolute Gasteiger partial charge is 0.335 e. The number of nitrogens with zero attached hydrogens (tertiary/aromatic N) is 2. The highest BCUT2D eigenvalue weighted by Crippen LogP contribution is 2.31. The predicted octanol–water partition coefficient (Wildman–Crippen LogP) is 4.42. The quantitative estimate of drug-likeness (QED) is 0.533. The Kier molecular flexibility index (Phi) is 4.07. The second kappa shape index (κ2) is 6.70. The van der Waals surface area contributed by atoms with Gasteiger partial charge in [0.2, 0.25) is 0 Å². The van der Waals surface area contributed by atoms with Crippen LogP contribution in [0.4, 0.5) is 11.5 Å². The first-order chi connectivity index (χ1) is 13.2. The van der Waals surface area contributed by atoms with Crippen molar-refractivity contribution in [2.24, 2.45) is 0 Å². The Balaban J connectivity index is 1.80. The Morgan fingerprint density at radius 3 is 2.44 bits per heavy atom. The standard InChI is InChI=1S/C22H15N3O2/c1-2-15-6-8-16(9-7-15)20-21(25-14-4-3-5-19(25)24-20)23-18-12-10-17(11-13-18)22(26)27/h1,3-14,23H,(H,26,27). The number of nitrogens with one attached hydrogen (secondary N) is 1. The van der Waals surface area contributed by atoms with Crippen LogP contribution in [0.15, 0.2) is 72.9 Å². The highest BCUT2D eigenvalue weighted by Gasteiger charge is 2.14. The van der Waals surface area contributed by atoms with E-state index in [1.807, 2.05) is 53.1 Å². The first kappa shape index (κ1) is 16.4. The number of hydrogen-bond donors (Lipinski definition) is 2. The molecule has 4 rings (SSSR count). The van der Waals surface area contributed by atoms with Crippen LogP contribution in [-0.2, 0) is 0 Å². The molecule has 0 atom stereocenters. The number of terminal acetylenes is 1. The van der Waals surface area contributed by atoms with Crippen molar-refractivity contribution in [3.8, 4) is 23.6 Å². The predicted molar refractivity (Wildman–Crippen MR) is 105 cm³/mol. The van der Waals surface area contributed by atoms with Crippen molar-refractivity contribution in [3.05, 3.63) is 84.1 Å². The van der Waals surface area contributed by atoms with Crippen molar-refractivity contribution in [2.75, 3.05) is 5.32 Å². The molecule has 0 aliphatic carbocycles. The number of anilines is 2. The summed E-state index contributed by atoms with van der Waals surface area (Å²) in [7, 11) is 0. The van der Waals surface area contributed by atoms with Crippen LogP contribution in [0.25, 0.3) is 16.9 Å². The molecule has 0 radical (unpaired) electrons. The van der Waals surface area contributed by atoms with E-state index in [1.54, 1.807) is 24.3 Å². The van der Waals surface area contributed by atoms with E-state index in [0.29, 0.717) is 0 Å². The molecule has 0 aliphatic heterocycles. The fourth-order valence-corrected chi connectivity index (χ4v) is 2.87. The SMILES string of the molecule is C#Cc1ccc(-c2nc3ccccn3c2Nc2ccc(C(=O)O)cc2)cc1. The molecule has 5 heteroatoms. The third kappa shape index (κ3) is 3.12. The molecule has 0 aliphatic rings. The number of hydrogen-bond acceptors (Lipinski definition) is 3. The van der Waals surface area contributed by atoms with Gasteiger partial charge in [-0.2, -0.15) is 0 Å². The fourth-order valence-electron chi connectivity index (χ4n) is 2.87. The number of aromatic carboxylic acids is 1. The van der Waals surface area contributed by atoms with Crippen LogP contribution < -0.4 is 5.32 Å². The molecule has 2 aromatic heterocycles. The van der Waals surface area contributed by atoms with Crippen molar-refractivity contribution in [2.45, 2.75) is 0 Å². The van der Waals surface area contributed by atoms with E-state index in [2.05, 4.69) is 11.2 Å². The van der Waals surface area contributed by atoms with Crippen molar-refractivity contribution in [1.29, 1.82) is 0 Å². The van der Waals surface area contributed by atoms with E-state index >= 15 is 0 Å². The number of carboxylic acid groups (broad SMARTS) is 1. The number of carbonyl (C=O) groups is 1. The average Bonchev–Trinajstić information content (AvgIpc) is 3.07. The Morgan fingerprint density at radius 1 is 1.04 bits per heavy atom. The molecule has 0 fully saturated rings. The molecule has 4 aromatic rings. The number of pyridine rings is 1. The monoisotopic (exact) mass is 353 g/mol. The molecule has 130 valence electrons. The van der Waals surface area contributed by atoms with Gasteiger partial charge in [-0.3, -0.25) is 4.40 Å². The van der Waals surface area contributed by atoms with Gasteiger partial charge >= 0.3 is 5.97 Å². The van der Waals surface area contributed by atoms with Gasteiger partial charge in [0.05, 0.1) is 5.56 Å². The fraction of sp³-hybridized carbons (Fsp3) is 0. The van der Waals surface area contributed by atoms with Crippen molar-refractivity contribution < 1.29 is 9.90 Å². The van der Waals surface area contributed by atoms with E-state index in [-0.39, 0.29) is 5.56 Å². The Bertz CT molecular complexity index is 1170. The highest BCUT2D eigenvalue weighted by atomic mass is 16.4. The van der Waals surface area contributed by atoms with E-state index in [1.165, 1.54) is 0 Å². The zero-order valence-corrected chi connectivity index (χ0v) is 14.3. The van der Waals surface area contributed by atoms with E-state index < -0.39 is 5.97 Å². The lowest BCUT2D eigenvalue weighted by atomic mass is 10.1. The molecule has 0 unspecified atom stereocenters. The van der Waals surface area contributed by atoms with Gasteiger partial charge in [-0.1, -0.05) is 24.1 Å². The minimum absolute atomic E-state index is 0.240. The second-order valence-electron chi connectivity index (χ2n) is 5.97. The Morgan fingerprint density at radius 2 is 1.78 bits per heavy atom. The first-order valence-corrected chi connectivity index (χ1v) is 8.30. The number of fused-ring (bicyclic) bond motifs is 1. The molecular weight excluding hydrogens is 338 g/mol. The third-order valence-electron chi connectivity index (χ3n) is 4.25. The van der Waals surface area contributed by atoms with Crippen molar-refractivity contribution >= 4 is 23.1 Å². The van der Waals surface area contributed by atoms with Crippen LogP contribution in [-0.4, -0.2) is 20.5 Å². The first-order valence-electron chi connectivity index (χ1n) is 8.30. The summed E-state index contributed by atoms with van der Waals surface area (Å²) in [6.07, 6.45) is 7.37. The number of aromatic nitrogens is 2. The molecule has 2 N–H and O–H groups in total. The molecule has 0 saturated heterocycles. The maximum Gasteiger partial charge on any atom is 0.335 e. The van der Waals surface area contributed by atoms with Crippen LogP contribution in [0.2, 0.25) is 0 Å². The minimum Gasteiger partial charge on any atom is -0.478 e. The summed E-state index contributed by atoms with van der Waals surface area (Å²) >= 11 is 0. The van der Waals surface area contributed by atoms with Gasteiger partial charge in [-0.05, 0) is 48.5 Å². The molecule has 0 amide bonds. The summed E-state index contributed by atoms with van der Waals surface area (Å²) in [5.74, 6) is 2.45. The van der Waals surface area contributed by atoms with Crippen molar-refractivity contribution in [3.63, 3.8) is 0 Å². The number of benzene rings is 2. The van der Waals surface area contributed by atoms with Gasteiger partial charge in [0.1, 0.15) is 17.2 Å². The maximum absolute atomic E-state index is 11.0. The molecule has 0 saturated carbocycles. The number of imidazole rings is 1. The maximum atomic E-state index is 11.0. The van der Waals surface area contributed by atoms with E-state index in [9.17, 15) is 4.79 Å². The van der Waals surface area contributed by atoms with Crippen LogP contribution in [0.3, 0.4) is 0 Å². The molecule has 5 nitrogen and oxygen atoms in total. The Labute approximate surface area is 155 Å². The minimum atomic E-state index is -0.953. The molecule has 0 bridgehead atoms. The van der Waals surface area contributed by atoms with Crippen LogP contribution in [0.1, 0.15) is 15.9 Å².